The van der Waals surface area contributed by atoms with E-state index in [1.54, 1.807) is 0 Å². The van der Waals surface area contributed by atoms with Gasteiger partial charge in [0.05, 0.1) is 5.02 Å². The van der Waals surface area contributed by atoms with E-state index in [0.717, 1.165) is 11.3 Å². The Morgan fingerprint density at radius 3 is 2.35 bits per heavy atom. The molecule has 0 spiro atoms. The molecule has 0 saturated heterocycles. The third-order valence-electron chi connectivity index (χ3n) is 3.20. The molecule has 0 amide bonds. The molecule has 17 heavy (non-hydrogen) atoms. The van der Waals surface area contributed by atoms with Gasteiger partial charge in [-0.1, -0.05) is 37.7 Å². The molecule has 94 valence electrons. The van der Waals surface area contributed by atoms with E-state index in [9.17, 15) is 0 Å². The summed E-state index contributed by atoms with van der Waals surface area (Å²) in [6.45, 7) is 6.60. The van der Waals surface area contributed by atoms with Gasteiger partial charge in [-0.3, -0.25) is 0 Å². The molecule has 0 aliphatic rings. The minimum Gasteiger partial charge on any atom is -0.389 e. The molecule has 0 radical (unpaired) electrons. The fourth-order valence-corrected chi connectivity index (χ4v) is 2.12. The molecule has 0 aliphatic heterocycles. The van der Waals surface area contributed by atoms with Gasteiger partial charge in [-0.25, -0.2) is 0 Å². The van der Waals surface area contributed by atoms with Crippen molar-refractivity contribution in [2.75, 3.05) is 11.9 Å². The number of anilines is 1. The molecule has 1 unspecified atom stereocenters. The summed E-state index contributed by atoms with van der Waals surface area (Å²) in [4.78, 5) is 2.54. The molecule has 2 nitrogen and oxygen atoms in total. The van der Waals surface area contributed by atoms with Crippen LogP contribution in [0.1, 0.15) is 26.3 Å². The number of rotatable bonds is 4. The Morgan fingerprint density at radius 2 is 1.94 bits per heavy atom. The third-order valence-corrected chi connectivity index (χ3v) is 3.73. The molecule has 4 heteroatoms. The second-order valence-corrected chi connectivity index (χ2v) is 5.47. The first kappa shape index (κ1) is 14.3. The van der Waals surface area contributed by atoms with Crippen LogP contribution in [-0.4, -0.2) is 18.1 Å². The zero-order valence-electron chi connectivity index (χ0n) is 10.7. The summed E-state index contributed by atoms with van der Waals surface area (Å²) < 4.78 is 0. The predicted octanol–water partition coefficient (Wildman–Crippen LogP) is 3.45. The zero-order chi connectivity index (χ0) is 13.2. The molecule has 1 aromatic carbocycles. The van der Waals surface area contributed by atoms with E-state index in [0.29, 0.717) is 22.0 Å². The summed E-state index contributed by atoms with van der Waals surface area (Å²) in [6, 6.07) is 6.24. The molecular formula is C13H19ClN2S. The van der Waals surface area contributed by atoms with Crippen LogP contribution in [0.15, 0.2) is 18.2 Å². The van der Waals surface area contributed by atoms with Crippen molar-refractivity contribution in [2.45, 2.75) is 26.8 Å². The van der Waals surface area contributed by atoms with Crippen LogP contribution < -0.4 is 10.6 Å². The Hall–Kier alpha value is -0.800. The molecule has 0 aromatic heterocycles. The van der Waals surface area contributed by atoms with Crippen LogP contribution in [-0.2, 0) is 0 Å². The Bertz CT molecular complexity index is 418. The highest BCUT2D eigenvalue weighted by Gasteiger charge is 2.15. The number of hydrogen-bond acceptors (Lipinski definition) is 2. The molecule has 1 atom stereocenters. The second-order valence-electron chi connectivity index (χ2n) is 4.62. The first-order chi connectivity index (χ1) is 7.84. The van der Waals surface area contributed by atoms with Crippen LogP contribution in [0.4, 0.5) is 5.69 Å². The molecule has 0 heterocycles. The van der Waals surface area contributed by atoms with Gasteiger partial charge in [-0.05, 0) is 31.0 Å². The Kier molecular flexibility index (Phi) is 4.78. The summed E-state index contributed by atoms with van der Waals surface area (Å²) >= 11 is 11.1. The minimum atomic E-state index is 0.334. The number of halogens is 1. The molecule has 0 fully saturated rings. The van der Waals surface area contributed by atoms with Crippen LogP contribution in [0.25, 0.3) is 0 Å². The van der Waals surface area contributed by atoms with Crippen LogP contribution in [0.5, 0.6) is 0 Å². The fourth-order valence-electron chi connectivity index (χ4n) is 1.61. The van der Waals surface area contributed by atoms with E-state index in [1.807, 2.05) is 18.2 Å². The first-order valence-electron chi connectivity index (χ1n) is 5.66. The van der Waals surface area contributed by atoms with E-state index in [-0.39, 0.29) is 0 Å². The third kappa shape index (κ3) is 3.33. The molecule has 0 bridgehead atoms. The maximum absolute atomic E-state index is 6.16. The lowest BCUT2D eigenvalue weighted by molar-refractivity contribution is 0.505. The maximum atomic E-state index is 6.16. The highest BCUT2D eigenvalue weighted by Crippen LogP contribution is 2.25. The largest absolute Gasteiger partial charge is 0.389 e. The van der Waals surface area contributed by atoms with Crippen molar-refractivity contribution in [1.82, 2.24) is 0 Å². The van der Waals surface area contributed by atoms with E-state index >= 15 is 0 Å². The summed E-state index contributed by atoms with van der Waals surface area (Å²) in [7, 11) is 2.07. The highest BCUT2D eigenvalue weighted by molar-refractivity contribution is 7.80. The molecule has 0 aliphatic carbocycles. The number of nitrogens with zero attached hydrogens (tertiary/aromatic N) is 1. The van der Waals surface area contributed by atoms with Gasteiger partial charge in [0.1, 0.15) is 4.99 Å². The quantitative estimate of drug-likeness (QED) is 0.850. The molecule has 1 rings (SSSR count). The van der Waals surface area contributed by atoms with Gasteiger partial charge in [0, 0.05) is 24.3 Å². The van der Waals surface area contributed by atoms with Crippen molar-refractivity contribution in [2.24, 2.45) is 11.7 Å². The van der Waals surface area contributed by atoms with Gasteiger partial charge >= 0.3 is 0 Å². The smallest absolute Gasteiger partial charge is 0.105 e. The lowest BCUT2D eigenvalue weighted by Crippen LogP contribution is -2.33. The highest BCUT2D eigenvalue weighted by atomic mass is 35.5. The number of benzene rings is 1. The molecule has 2 N–H and O–H groups in total. The van der Waals surface area contributed by atoms with Crippen molar-refractivity contribution in [1.29, 1.82) is 0 Å². The average molecular weight is 271 g/mol. The normalized spacial score (nSPS) is 12.6. The summed E-state index contributed by atoms with van der Waals surface area (Å²) in [6.07, 6.45) is 0. The maximum Gasteiger partial charge on any atom is 0.105 e. The van der Waals surface area contributed by atoms with Crippen LogP contribution in [0.3, 0.4) is 0 Å². The second kappa shape index (κ2) is 5.69. The standard InChI is InChI=1S/C13H19ClN2S/c1-8(2)9(3)16(4)10-5-6-11(13(15)17)12(14)7-10/h5-9H,1-4H3,(H2,15,17). The van der Waals surface area contributed by atoms with Gasteiger partial charge < -0.3 is 10.6 Å². The van der Waals surface area contributed by atoms with Gasteiger partial charge in [0.25, 0.3) is 0 Å². The van der Waals surface area contributed by atoms with Gasteiger partial charge in [0.15, 0.2) is 0 Å². The predicted molar refractivity (Wildman–Crippen MR) is 80.0 cm³/mol. The summed E-state index contributed by atoms with van der Waals surface area (Å²) in [5.74, 6) is 0.578. The van der Waals surface area contributed by atoms with Crippen molar-refractivity contribution < 1.29 is 0 Å². The molecular weight excluding hydrogens is 252 g/mol. The van der Waals surface area contributed by atoms with E-state index < -0.39 is 0 Å². The van der Waals surface area contributed by atoms with Crippen LogP contribution in [0, 0.1) is 5.92 Å². The topological polar surface area (TPSA) is 29.3 Å². The molecule has 1 aromatic rings. The SMILES string of the molecule is CC(C)C(C)N(C)c1ccc(C(N)=S)c(Cl)c1. The van der Waals surface area contributed by atoms with Crippen LogP contribution in [0.2, 0.25) is 5.02 Å². The van der Waals surface area contributed by atoms with E-state index in [2.05, 4.69) is 32.7 Å². The average Bonchev–Trinajstić information content (AvgIpc) is 2.26. The Balaban J connectivity index is 3.01. The monoisotopic (exact) mass is 270 g/mol. The van der Waals surface area contributed by atoms with Crippen molar-refractivity contribution in [3.63, 3.8) is 0 Å². The number of thiocarbonyl (C=S) groups is 1. The van der Waals surface area contributed by atoms with Gasteiger partial charge in [-0.2, -0.15) is 0 Å². The Labute approximate surface area is 114 Å². The lowest BCUT2D eigenvalue weighted by atomic mass is 10.0. The Morgan fingerprint density at radius 1 is 1.35 bits per heavy atom. The summed E-state index contributed by atoms with van der Waals surface area (Å²) in [5.41, 5.74) is 7.39. The van der Waals surface area contributed by atoms with Crippen molar-refractivity contribution in [3.8, 4) is 0 Å². The van der Waals surface area contributed by atoms with Gasteiger partial charge in [0.2, 0.25) is 0 Å². The first-order valence-corrected chi connectivity index (χ1v) is 6.45. The lowest BCUT2D eigenvalue weighted by Gasteiger charge is -2.30. The van der Waals surface area contributed by atoms with Crippen LogP contribution >= 0.6 is 23.8 Å². The van der Waals surface area contributed by atoms with E-state index in [1.165, 1.54) is 0 Å². The van der Waals surface area contributed by atoms with Crippen molar-refractivity contribution in [3.05, 3.63) is 28.8 Å². The van der Waals surface area contributed by atoms with Crippen molar-refractivity contribution >= 4 is 34.5 Å². The minimum absolute atomic E-state index is 0.334. The number of nitrogens with two attached hydrogens (primary N) is 1. The van der Waals surface area contributed by atoms with E-state index in [4.69, 9.17) is 29.6 Å². The van der Waals surface area contributed by atoms with Gasteiger partial charge in [-0.15, -0.1) is 0 Å². The zero-order valence-corrected chi connectivity index (χ0v) is 12.3. The number of hydrogen-bond donors (Lipinski definition) is 1. The fraction of sp³-hybridized carbons (Fsp3) is 0.462. The molecule has 0 saturated carbocycles. The summed E-state index contributed by atoms with van der Waals surface area (Å²) in [5, 5.41) is 0.609.